The molecular weight excluding hydrogens is 366 g/mol. The van der Waals surface area contributed by atoms with Gasteiger partial charge in [-0.05, 0) is 24.5 Å². The molecule has 2 rings (SSSR count). The zero-order chi connectivity index (χ0) is 16.3. The number of thioether (sulfide) groups is 1. The van der Waals surface area contributed by atoms with Crippen LogP contribution in [0.25, 0.3) is 0 Å². The third-order valence-electron chi connectivity index (χ3n) is 2.64. The van der Waals surface area contributed by atoms with Crippen LogP contribution < -0.4 is 5.32 Å². The fraction of sp³-hybridized carbons (Fsp3) is 0.167. The molecule has 1 aromatic heterocycles. The van der Waals surface area contributed by atoms with Crippen molar-refractivity contribution in [1.29, 1.82) is 0 Å². The average Bonchev–Trinajstić information content (AvgIpc) is 2.94. The molecule has 1 heterocycles. The lowest BCUT2D eigenvalue weighted by Crippen LogP contribution is -2.36. The number of hydrogen-bond donors (Lipinski definition) is 1. The van der Waals surface area contributed by atoms with Crippen molar-refractivity contribution in [2.24, 2.45) is 0 Å². The van der Waals surface area contributed by atoms with E-state index in [-0.39, 0.29) is 9.92 Å². The molecule has 1 N–H and O–H groups in total. The van der Waals surface area contributed by atoms with Crippen molar-refractivity contribution < 1.29 is 13.2 Å². The van der Waals surface area contributed by atoms with Crippen molar-refractivity contribution in [3.8, 4) is 0 Å². The molecule has 22 heavy (non-hydrogen) atoms. The molecule has 0 aliphatic carbocycles. The zero-order valence-corrected chi connectivity index (χ0v) is 14.8. The minimum atomic E-state index is -3.97. The summed E-state index contributed by atoms with van der Waals surface area (Å²) in [6.07, 6.45) is 3.49. The quantitative estimate of drug-likeness (QED) is 0.826. The summed E-state index contributed by atoms with van der Waals surface area (Å²) in [7, 11) is -2.80. The Bertz CT molecular complexity index is 792. The highest BCUT2D eigenvalue weighted by Crippen LogP contribution is 2.26. The SMILES string of the molecule is CSc1cnc(NC(=O)N(C)S(=O)(=O)c2cccc(Cl)c2)s1. The molecule has 6 nitrogen and oxygen atoms in total. The van der Waals surface area contributed by atoms with Gasteiger partial charge in [0.2, 0.25) is 0 Å². The number of nitrogens with zero attached hydrogens (tertiary/aromatic N) is 2. The van der Waals surface area contributed by atoms with Crippen molar-refractivity contribution in [2.75, 3.05) is 18.6 Å². The van der Waals surface area contributed by atoms with E-state index in [2.05, 4.69) is 10.3 Å². The summed E-state index contributed by atoms with van der Waals surface area (Å²) in [4.78, 5) is 16.0. The van der Waals surface area contributed by atoms with Gasteiger partial charge in [0.15, 0.2) is 5.13 Å². The number of thiazole rings is 1. The zero-order valence-electron chi connectivity index (χ0n) is 11.6. The Morgan fingerprint density at radius 2 is 2.18 bits per heavy atom. The van der Waals surface area contributed by atoms with Crippen molar-refractivity contribution in [3.05, 3.63) is 35.5 Å². The van der Waals surface area contributed by atoms with Crippen molar-refractivity contribution in [3.63, 3.8) is 0 Å². The molecule has 0 unspecified atom stereocenters. The van der Waals surface area contributed by atoms with Crippen LogP contribution in [0.4, 0.5) is 9.93 Å². The second-order valence-corrected chi connectivity index (χ2v) is 8.59. The molecule has 0 aliphatic heterocycles. The highest BCUT2D eigenvalue weighted by Gasteiger charge is 2.26. The lowest BCUT2D eigenvalue weighted by atomic mass is 10.4. The summed E-state index contributed by atoms with van der Waals surface area (Å²) in [5.74, 6) is 0. The topological polar surface area (TPSA) is 79.4 Å². The number of amides is 2. The smallest absolute Gasteiger partial charge is 0.283 e. The van der Waals surface area contributed by atoms with Crippen LogP contribution in [-0.2, 0) is 10.0 Å². The number of halogens is 1. The number of anilines is 1. The maximum absolute atomic E-state index is 12.4. The fourth-order valence-electron chi connectivity index (χ4n) is 1.48. The standard InChI is InChI=1S/C12H12ClN3O3S3/c1-16(12(17)15-11-14-7-10(20-2)21-11)22(18,19)9-5-3-4-8(13)6-9/h3-7H,1-2H3,(H,14,15,17). The Kier molecular flexibility index (Phi) is 5.32. The first-order valence-corrected chi connectivity index (χ1v) is 9.76. The second kappa shape index (κ2) is 6.86. The second-order valence-electron chi connectivity index (χ2n) is 4.05. The highest BCUT2D eigenvalue weighted by atomic mass is 35.5. The molecule has 1 aromatic carbocycles. The monoisotopic (exact) mass is 377 g/mol. The molecule has 0 saturated carbocycles. The number of carbonyl (C=O) groups excluding carboxylic acids is 1. The summed E-state index contributed by atoms with van der Waals surface area (Å²) in [6, 6.07) is 4.94. The first kappa shape index (κ1) is 17.1. The van der Waals surface area contributed by atoms with Gasteiger partial charge in [0.05, 0.1) is 15.3 Å². The van der Waals surface area contributed by atoms with Crippen LogP contribution >= 0.6 is 34.7 Å². The molecule has 118 valence electrons. The summed E-state index contributed by atoms with van der Waals surface area (Å²) < 4.78 is 26.3. The molecule has 0 bridgehead atoms. The highest BCUT2D eigenvalue weighted by molar-refractivity contribution is 8.00. The Morgan fingerprint density at radius 1 is 1.45 bits per heavy atom. The summed E-state index contributed by atoms with van der Waals surface area (Å²) in [5, 5.41) is 3.07. The van der Waals surface area contributed by atoms with E-state index in [9.17, 15) is 13.2 Å². The van der Waals surface area contributed by atoms with Crippen LogP contribution in [-0.4, -0.2) is 37.0 Å². The maximum atomic E-state index is 12.4. The minimum Gasteiger partial charge on any atom is -0.283 e. The Hall–Kier alpha value is -1.29. The van der Waals surface area contributed by atoms with Gasteiger partial charge in [-0.2, -0.15) is 0 Å². The number of nitrogens with one attached hydrogen (secondary N) is 1. The number of benzene rings is 1. The van der Waals surface area contributed by atoms with Crippen LogP contribution in [0.1, 0.15) is 0 Å². The van der Waals surface area contributed by atoms with E-state index in [1.807, 2.05) is 6.26 Å². The molecule has 2 aromatic rings. The van der Waals surface area contributed by atoms with E-state index in [1.165, 1.54) is 48.3 Å². The Labute approximate surface area is 141 Å². The normalized spacial score (nSPS) is 11.2. The number of rotatable bonds is 4. The lowest BCUT2D eigenvalue weighted by Gasteiger charge is -2.17. The predicted octanol–water partition coefficient (Wildman–Crippen LogP) is 3.37. The van der Waals surface area contributed by atoms with E-state index in [0.29, 0.717) is 9.44 Å². The molecule has 0 aliphatic rings. The molecule has 0 radical (unpaired) electrons. The van der Waals surface area contributed by atoms with Gasteiger partial charge in [-0.25, -0.2) is 22.5 Å². The van der Waals surface area contributed by atoms with Gasteiger partial charge >= 0.3 is 6.03 Å². The first-order valence-electron chi connectivity index (χ1n) is 5.90. The van der Waals surface area contributed by atoms with Crippen LogP contribution in [0.3, 0.4) is 0 Å². The van der Waals surface area contributed by atoms with E-state index < -0.39 is 16.1 Å². The molecule has 2 amide bonds. The molecule has 0 atom stereocenters. The predicted molar refractivity (Wildman–Crippen MR) is 89.3 cm³/mol. The minimum absolute atomic E-state index is 0.0541. The van der Waals surface area contributed by atoms with Crippen molar-refractivity contribution in [2.45, 2.75) is 9.10 Å². The largest absolute Gasteiger partial charge is 0.337 e. The maximum Gasteiger partial charge on any atom is 0.337 e. The molecular formula is C12H12ClN3O3S3. The van der Waals surface area contributed by atoms with Crippen molar-refractivity contribution >= 4 is 55.9 Å². The van der Waals surface area contributed by atoms with Crippen LogP contribution in [0.2, 0.25) is 5.02 Å². The number of carbonyl (C=O) groups is 1. The van der Waals surface area contributed by atoms with Gasteiger partial charge in [0, 0.05) is 12.1 Å². The van der Waals surface area contributed by atoms with E-state index >= 15 is 0 Å². The third-order valence-corrected chi connectivity index (χ3v) is 6.58. The molecule has 0 saturated heterocycles. The van der Waals surface area contributed by atoms with Gasteiger partial charge in [-0.15, -0.1) is 11.8 Å². The van der Waals surface area contributed by atoms with E-state index in [1.54, 1.807) is 12.3 Å². The Morgan fingerprint density at radius 3 is 2.77 bits per heavy atom. The van der Waals surface area contributed by atoms with Gasteiger partial charge in [0.1, 0.15) is 0 Å². The molecule has 0 spiro atoms. The molecule has 0 fully saturated rings. The summed E-state index contributed by atoms with van der Waals surface area (Å²) in [5.41, 5.74) is 0. The van der Waals surface area contributed by atoms with Crippen LogP contribution in [0.15, 0.2) is 39.6 Å². The van der Waals surface area contributed by atoms with Gasteiger partial charge in [0.25, 0.3) is 10.0 Å². The number of aromatic nitrogens is 1. The lowest BCUT2D eigenvalue weighted by molar-refractivity contribution is 0.240. The first-order chi connectivity index (χ1) is 10.3. The summed E-state index contributed by atoms with van der Waals surface area (Å²) in [6.45, 7) is 0. The van der Waals surface area contributed by atoms with Gasteiger partial charge < -0.3 is 0 Å². The third kappa shape index (κ3) is 3.72. The van der Waals surface area contributed by atoms with Gasteiger partial charge in [-0.1, -0.05) is 29.0 Å². The van der Waals surface area contributed by atoms with Crippen LogP contribution in [0.5, 0.6) is 0 Å². The fourth-order valence-corrected chi connectivity index (χ4v) is 4.11. The number of urea groups is 1. The van der Waals surface area contributed by atoms with E-state index in [4.69, 9.17) is 11.6 Å². The number of hydrogen-bond acceptors (Lipinski definition) is 6. The van der Waals surface area contributed by atoms with Crippen LogP contribution in [0, 0.1) is 0 Å². The van der Waals surface area contributed by atoms with Crippen molar-refractivity contribution in [1.82, 2.24) is 9.29 Å². The number of sulfonamides is 1. The average molecular weight is 378 g/mol. The summed E-state index contributed by atoms with van der Waals surface area (Å²) >= 11 is 8.54. The Balaban J connectivity index is 2.18. The molecule has 10 heteroatoms. The van der Waals surface area contributed by atoms with E-state index in [0.717, 1.165) is 4.21 Å². The van der Waals surface area contributed by atoms with Gasteiger partial charge in [-0.3, -0.25) is 5.32 Å².